The van der Waals surface area contributed by atoms with Gasteiger partial charge < -0.3 is 10.4 Å². The van der Waals surface area contributed by atoms with E-state index in [1.807, 2.05) is 35.9 Å². The Bertz CT molecular complexity index is 906. The highest BCUT2D eigenvalue weighted by molar-refractivity contribution is 9.10. The normalized spacial score (nSPS) is 16.2. The van der Waals surface area contributed by atoms with E-state index in [0.717, 1.165) is 40.1 Å². The molecule has 2 heterocycles. The predicted octanol–water partition coefficient (Wildman–Crippen LogP) is 4.28. The molecule has 1 aliphatic rings. The van der Waals surface area contributed by atoms with E-state index in [1.165, 1.54) is 5.56 Å². The monoisotopic (exact) mass is 384 g/mol. The molecule has 0 saturated carbocycles. The maximum Gasteiger partial charge on any atom is 0.138 e. The lowest BCUT2D eigenvalue weighted by Gasteiger charge is -2.21. The minimum atomic E-state index is 0.0758. The smallest absolute Gasteiger partial charge is 0.138 e. The number of fused-ring (bicyclic) bond motifs is 3. The van der Waals surface area contributed by atoms with Crippen LogP contribution in [0.2, 0.25) is 0 Å². The maximum atomic E-state index is 10.1. The van der Waals surface area contributed by atoms with Gasteiger partial charge in [0.25, 0.3) is 0 Å². The number of aromatic hydroxyl groups is 1. The molecule has 0 amide bonds. The summed E-state index contributed by atoms with van der Waals surface area (Å²) in [7, 11) is 0. The molecule has 2 N–H and O–H groups in total. The Balaban J connectivity index is 1.82. The predicted molar refractivity (Wildman–Crippen MR) is 97.0 cm³/mol. The zero-order valence-electron chi connectivity index (χ0n) is 13.2. The Kier molecular flexibility index (Phi) is 3.76. The van der Waals surface area contributed by atoms with Gasteiger partial charge in [0.05, 0.1) is 23.1 Å². The number of benzene rings is 2. The van der Waals surface area contributed by atoms with Crippen molar-refractivity contribution < 1.29 is 5.11 Å². The molecule has 24 heavy (non-hydrogen) atoms. The van der Waals surface area contributed by atoms with Crippen LogP contribution < -0.4 is 5.32 Å². The van der Waals surface area contributed by atoms with E-state index in [0.29, 0.717) is 0 Å². The summed E-state index contributed by atoms with van der Waals surface area (Å²) in [5.74, 6) is 0.258. The van der Waals surface area contributed by atoms with E-state index in [-0.39, 0.29) is 11.8 Å². The number of halogens is 1. The van der Waals surface area contributed by atoms with Gasteiger partial charge in [0.15, 0.2) is 0 Å². The summed E-state index contributed by atoms with van der Waals surface area (Å²) >= 11 is 3.58. The topological polar surface area (TPSA) is 63.0 Å². The van der Waals surface area contributed by atoms with E-state index < -0.39 is 0 Å². The van der Waals surface area contributed by atoms with Gasteiger partial charge in [0.1, 0.15) is 5.75 Å². The second-order valence-electron chi connectivity index (χ2n) is 5.98. The van der Waals surface area contributed by atoms with Crippen LogP contribution in [-0.4, -0.2) is 20.1 Å². The molecule has 0 radical (unpaired) electrons. The Morgan fingerprint density at radius 3 is 2.92 bits per heavy atom. The first-order valence-electron chi connectivity index (χ1n) is 7.88. The number of nitrogens with one attached hydrogen (secondary N) is 1. The number of nitrogens with zero attached hydrogens (tertiary/aromatic N) is 3. The van der Waals surface area contributed by atoms with Gasteiger partial charge in [-0.05, 0) is 43.2 Å². The lowest BCUT2D eigenvalue weighted by Crippen LogP contribution is -2.12. The summed E-state index contributed by atoms with van der Waals surface area (Å²) < 4.78 is 3.00. The number of aryl methyl sites for hydroxylation is 2. The highest BCUT2D eigenvalue weighted by Gasteiger charge is 2.25. The largest absolute Gasteiger partial charge is 0.506 e. The third-order valence-corrected chi connectivity index (χ3v) is 4.90. The van der Waals surface area contributed by atoms with Crippen LogP contribution in [0.4, 0.5) is 5.69 Å². The number of anilines is 1. The van der Waals surface area contributed by atoms with Gasteiger partial charge in [0, 0.05) is 16.6 Å². The van der Waals surface area contributed by atoms with Gasteiger partial charge >= 0.3 is 0 Å². The number of phenolic OH excluding ortho intramolecular Hbond substituents is 1. The van der Waals surface area contributed by atoms with Crippen LogP contribution in [0.5, 0.6) is 5.75 Å². The fourth-order valence-electron chi connectivity index (χ4n) is 3.27. The highest BCUT2D eigenvalue weighted by Crippen LogP contribution is 2.39. The van der Waals surface area contributed by atoms with Crippen molar-refractivity contribution in [3.05, 3.63) is 58.2 Å². The number of phenols is 1. The van der Waals surface area contributed by atoms with E-state index in [9.17, 15) is 5.11 Å². The Morgan fingerprint density at radius 2 is 2.08 bits per heavy atom. The first-order chi connectivity index (χ1) is 11.6. The van der Waals surface area contributed by atoms with E-state index in [1.54, 1.807) is 6.07 Å². The van der Waals surface area contributed by atoms with Crippen molar-refractivity contribution >= 4 is 21.6 Å². The lowest BCUT2D eigenvalue weighted by molar-refractivity contribution is 0.475. The number of para-hydroxylation sites is 2. The zero-order valence-corrected chi connectivity index (χ0v) is 14.8. The van der Waals surface area contributed by atoms with Crippen LogP contribution in [0, 0.1) is 6.92 Å². The fourth-order valence-corrected chi connectivity index (χ4v) is 3.65. The zero-order chi connectivity index (χ0) is 16.7. The van der Waals surface area contributed by atoms with Gasteiger partial charge in [-0.3, -0.25) is 0 Å². The first kappa shape index (κ1) is 15.2. The summed E-state index contributed by atoms with van der Waals surface area (Å²) in [6, 6.07) is 13.7. The minimum absolute atomic E-state index is 0.0758. The molecular weight excluding hydrogens is 368 g/mol. The summed E-state index contributed by atoms with van der Waals surface area (Å²) in [6.45, 7) is 2.76. The average Bonchev–Trinajstić information content (AvgIpc) is 2.86. The van der Waals surface area contributed by atoms with Crippen LogP contribution in [0.3, 0.4) is 0 Å². The first-order valence-corrected chi connectivity index (χ1v) is 8.67. The Morgan fingerprint density at radius 1 is 1.25 bits per heavy atom. The minimum Gasteiger partial charge on any atom is -0.506 e. The molecule has 3 aromatic rings. The van der Waals surface area contributed by atoms with E-state index in [2.05, 4.69) is 43.7 Å². The second-order valence-corrected chi connectivity index (χ2v) is 6.90. The quantitative estimate of drug-likeness (QED) is 0.647. The molecule has 0 fully saturated rings. The van der Waals surface area contributed by atoms with Crippen molar-refractivity contribution in [1.82, 2.24) is 15.0 Å². The molecule has 5 nitrogen and oxygen atoms in total. The molecule has 0 saturated heterocycles. The van der Waals surface area contributed by atoms with Gasteiger partial charge in [-0.15, -0.1) is 5.10 Å². The molecule has 1 aliphatic heterocycles. The molecule has 1 aromatic heterocycles. The van der Waals surface area contributed by atoms with E-state index >= 15 is 0 Å². The molecule has 0 bridgehead atoms. The summed E-state index contributed by atoms with van der Waals surface area (Å²) in [4.78, 5) is 0. The molecular formula is C18H17BrN4O. The fraction of sp³-hybridized carbons (Fsp3) is 0.222. The van der Waals surface area contributed by atoms with Crippen molar-refractivity contribution in [2.75, 3.05) is 5.32 Å². The number of hydrogen-bond donors (Lipinski definition) is 2. The molecule has 6 heteroatoms. The van der Waals surface area contributed by atoms with Crippen molar-refractivity contribution in [3.63, 3.8) is 0 Å². The Labute approximate surface area is 148 Å². The maximum absolute atomic E-state index is 10.1. The van der Waals surface area contributed by atoms with Crippen molar-refractivity contribution in [2.24, 2.45) is 0 Å². The van der Waals surface area contributed by atoms with Crippen molar-refractivity contribution in [2.45, 2.75) is 25.9 Å². The molecule has 1 unspecified atom stereocenters. The molecule has 0 spiro atoms. The SMILES string of the molecule is Cc1nnn2c1-c1ccc(Br)cc1C(Nc1ccccc1O)CC2. The third-order valence-electron chi connectivity index (χ3n) is 4.41. The number of hydrogen-bond acceptors (Lipinski definition) is 4. The average molecular weight is 385 g/mol. The molecule has 2 aromatic carbocycles. The standard InChI is InChI=1S/C18H17BrN4O/c1-11-18-13-7-6-12(19)10-14(13)15(8-9-23(18)22-21-11)20-16-4-2-3-5-17(16)24/h2-7,10,15,20,24H,8-9H2,1H3. The van der Waals surface area contributed by atoms with Crippen LogP contribution in [-0.2, 0) is 6.54 Å². The van der Waals surface area contributed by atoms with Crippen molar-refractivity contribution in [3.8, 4) is 17.0 Å². The second kappa shape index (κ2) is 5.94. The third kappa shape index (κ3) is 2.57. The van der Waals surface area contributed by atoms with Gasteiger partial charge in [-0.1, -0.05) is 39.3 Å². The highest BCUT2D eigenvalue weighted by atomic mass is 79.9. The molecule has 1 atom stereocenters. The summed E-state index contributed by atoms with van der Waals surface area (Å²) in [5, 5.41) is 22.1. The van der Waals surface area contributed by atoms with E-state index in [4.69, 9.17) is 0 Å². The number of aromatic nitrogens is 3. The molecule has 4 rings (SSSR count). The van der Waals surface area contributed by atoms with Gasteiger partial charge in [-0.2, -0.15) is 0 Å². The lowest BCUT2D eigenvalue weighted by atomic mass is 9.96. The van der Waals surface area contributed by atoms with Crippen LogP contribution in [0.25, 0.3) is 11.3 Å². The molecule has 0 aliphatic carbocycles. The van der Waals surface area contributed by atoms with Gasteiger partial charge in [-0.25, -0.2) is 4.68 Å². The van der Waals surface area contributed by atoms with Crippen LogP contribution in [0.1, 0.15) is 23.7 Å². The summed E-state index contributed by atoms with van der Waals surface area (Å²) in [5.41, 5.74) is 5.05. The summed E-state index contributed by atoms with van der Waals surface area (Å²) in [6.07, 6.45) is 0.855. The van der Waals surface area contributed by atoms with Gasteiger partial charge in [0.2, 0.25) is 0 Å². The van der Waals surface area contributed by atoms with Crippen molar-refractivity contribution in [1.29, 1.82) is 0 Å². The number of rotatable bonds is 2. The molecule has 122 valence electrons. The van der Waals surface area contributed by atoms with Crippen LogP contribution >= 0.6 is 15.9 Å². The Hall–Kier alpha value is -2.34. The van der Waals surface area contributed by atoms with Crippen LogP contribution in [0.15, 0.2) is 46.9 Å².